The summed E-state index contributed by atoms with van der Waals surface area (Å²) >= 11 is 0. The van der Waals surface area contributed by atoms with E-state index in [9.17, 15) is 18.7 Å². The SMILES string of the molecule is CC(Oc1ccc2c(c1)c(-c1nc3c([nH]1)CN(C(=O)O)C3)nn2C1CCCCO1)c1cc(F)cc(F)c1. The van der Waals surface area contributed by atoms with Crippen molar-refractivity contribution in [3.05, 3.63) is 65.0 Å². The number of aromatic amines is 1. The number of fused-ring (bicyclic) bond motifs is 2. The van der Waals surface area contributed by atoms with Crippen LogP contribution in [0.15, 0.2) is 36.4 Å². The summed E-state index contributed by atoms with van der Waals surface area (Å²) in [5.74, 6) is -0.285. The van der Waals surface area contributed by atoms with Crippen molar-refractivity contribution in [2.24, 2.45) is 0 Å². The average molecular weight is 510 g/mol. The molecule has 6 rings (SSSR count). The summed E-state index contributed by atoms with van der Waals surface area (Å²) in [6.45, 7) is 2.83. The van der Waals surface area contributed by atoms with Crippen LogP contribution in [0.3, 0.4) is 0 Å². The summed E-state index contributed by atoms with van der Waals surface area (Å²) in [6.07, 6.45) is 1.06. The maximum absolute atomic E-state index is 13.7. The number of carbonyl (C=O) groups is 1. The number of H-pyrrole nitrogens is 1. The normalized spacial score (nSPS) is 18.2. The van der Waals surface area contributed by atoms with E-state index >= 15 is 0 Å². The molecule has 4 heterocycles. The predicted octanol–water partition coefficient (Wildman–Crippen LogP) is 5.54. The Morgan fingerprint density at radius 3 is 2.70 bits per heavy atom. The largest absolute Gasteiger partial charge is 0.486 e. The molecule has 2 unspecified atom stereocenters. The third-order valence-corrected chi connectivity index (χ3v) is 6.82. The molecular weight excluding hydrogens is 484 g/mol. The summed E-state index contributed by atoms with van der Waals surface area (Å²) in [4.78, 5) is 20.5. The second-order valence-electron chi connectivity index (χ2n) is 9.41. The van der Waals surface area contributed by atoms with Crippen LogP contribution >= 0.6 is 0 Å². The standard InChI is InChI=1S/C26H25F2N5O4/c1-14(15-8-16(27)10-17(28)9-15)37-18-5-6-22-19(11-18)24(31-33(22)23-4-2-3-7-36-23)25-29-20-12-32(26(34)35)13-21(20)30-25/h5-6,8-11,14,23H,2-4,7,12-13H2,1H3,(H,29,30)(H,34,35). The number of nitrogens with zero attached hydrogens (tertiary/aromatic N) is 4. The molecule has 11 heteroatoms. The lowest BCUT2D eigenvalue weighted by atomic mass is 10.1. The monoisotopic (exact) mass is 509 g/mol. The van der Waals surface area contributed by atoms with Gasteiger partial charge in [0.25, 0.3) is 0 Å². The highest BCUT2D eigenvalue weighted by Crippen LogP contribution is 2.36. The number of imidazole rings is 1. The molecule has 2 aromatic heterocycles. The highest BCUT2D eigenvalue weighted by Gasteiger charge is 2.29. The van der Waals surface area contributed by atoms with Crippen molar-refractivity contribution in [2.45, 2.75) is 51.6 Å². The minimum Gasteiger partial charge on any atom is -0.486 e. The predicted molar refractivity (Wildman–Crippen MR) is 129 cm³/mol. The molecule has 0 saturated carbocycles. The lowest BCUT2D eigenvalue weighted by Crippen LogP contribution is -2.23. The number of hydrogen-bond donors (Lipinski definition) is 2. The van der Waals surface area contributed by atoms with E-state index in [1.54, 1.807) is 13.0 Å². The summed E-state index contributed by atoms with van der Waals surface area (Å²) in [6, 6.07) is 8.85. The van der Waals surface area contributed by atoms with Gasteiger partial charge >= 0.3 is 6.09 Å². The lowest BCUT2D eigenvalue weighted by molar-refractivity contribution is -0.0365. The van der Waals surface area contributed by atoms with E-state index in [4.69, 9.17) is 14.6 Å². The van der Waals surface area contributed by atoms with Crippen molar-refractivity contribution >= 4 is 17.0 Å². The maximum Gasteiger partial charge on any atom is 0.408 e. The lowest BCUT2D eigenvalue weighted by Gasteiger charge is -2.23. The average Bonchev–Trinajstić information content (AvgIpc) is 3.55. The van der Waals surface area contributed by atoms with Gasteiger partial charge in [-0.2, -0.15) is 5.10 Å². The summed E-state index contributed by atoms with van der Waals surface area (Å²) in [5, 5.41) is 14.9. The third kappa shape index (κ3) is 4.39. The first-order valence-corrected chi connectivity index (χ1v) is 12.2. The van der Waals surface area contributed by atoms with Gasteiger partial charge < -0.3 is 19.6 Å². The Kier molecular flexibility index (Phi) is 5.79. The van der Waals surface area contributed by atoms with E-state index < -0.39 is 23.8 Å². The number of hydrogen-bond acceptors (Lipinski definition) is 5. The van der Waals surface area contributed by atoms with Gasteiger partial charge in [-0.3, -0.25) is 4.90 Å². The Balaban J connectivity index is 1.38. The molecule has 1 amide bonds. The van der Waals surface area contributed by atoms with Crippen LogP contribution in [0.5, 0.6) is 5.75 Å². The van der Waals surface area contributed by atoms with Crippen molar-refractivity contribution in [3.63, 3.8) is 0 Å². The first kappa shape index (κ1) is 23.4. The van der Waals surface area contributed by atoms with Gasteiger partial charge in [0.2, 0.25) is 0 Å². The molecule has 2 atom stereocenters. The fourth-order valence-electron chi connectivity index (χ4n) is 4.97. The number of halogens is 2. The maximum atomic E-state index is 13.7. The zero-order valence-corrected chi connectivity index (χ0v) is 20.1. The molecule has 1 fully saturated rings. The van der Waals surface area contributed by atoms with Gasteiger partial charge in [0.1, 0.15) is 29.2 Å². The minimum atomic E-state index is -0.994. The topological polar surface area (TPSA) is 106 Å². The zero-order valence-electron chi connectivity index (χ0n) is 20.1. The molecule has 0 bridgehead atoms. The van der Waals surface area contributed by atoms with Crippen LogP contribution in [-0.2, 0) is 17.8 Å². The van der Waals surface area contributed by atoms with Crippen LogP contribution < -0.4 is 4.74 Å². The van der Waals surface area contributed by atoms with Crippen molar-refractivity contribution in [1.29, 1.82) is 0 Å². The number of rotatable bonds is 5. The highest BCUT2D eigenvalue weighted by atomic mass is 19.1. The fourth-order valence-corrected chi connectivity index (χ4v) is 4.97. The van der Waals surface area contributed by atoms with Crippen LogP contribution in [0.1, 0.15) is 55.5 Å². The molecule has 2 N–H and O–H groups in total. The molecule has 4 aromatic rings. The van der Waals surface area contributed by atoms with E-state index in [2.05, 4.69) is 9.97 Å². The number of ether oxygens (including phenoxy) is 2. The number of amides is 1. The molecule has 2 aliphatic heterocycles. The van der Waals surface area contributed by atoms with E-state index in [1.807, 2.05) is 16.8 Å². The Labute approximate surface area is 210 Å². The van der Waals surface area contributed by atoms with E-state index in [0.29, 0.717) is 35.1 Å². The quantitative estimate of drug-likeness (QED) is 0.366. The summed E-state index contributed by atoms with van der Waals surface area (Å²) < 4.78 is 41.4. The number of benzene rings is 2. The van der Waals surface area contributed by atoms with Gasteiger partial charge in [0, 0.05) is 18.1 Å². The fraction of sp³-hybridized carbons (Fsp3) is 0.346. The van der Waals surface area contributed by atoms with E-state index in [1.165, 1.54) is 17.0 Å². The Bertz CT molecular complexity index is 1450. The first-order valence-electron chi connectivity index (χ1n) is 12.2. The molecule has 192 valence electrons. The zero-order chi connectivity index (χ0) is 25.7. The molecule has 9 nitrogen and oxygen atoms in total. The molecule has 0 radical (unpaired) electrons. The van der Waals surface area contributed by atoms with Crippen molar-refractivity contribution < 1.29 is 28.2 Å². The molecular formula is C26H25F2N5O4. The second kappa shape index (κ2) is 9.15. The molecule has 0 aliphatic carbocycles. The van der Waals surface area contributed by atoms with Gasteiger partial charge in [-0.15, -0.1) is 0 Å². The van der Waals surface area contributed by atoms with Crippen molar-refractivity contribution in [3.8, 4) is 17.3 Å². The number of nitrogens with one attached hydrogen (secondary N) is 1. The Morgan fingerprint density at radius 2 is 2.00 bits per heavy atom. The van der Waals surface area contributed by atoms with Gasteiger partial charge in [-0.05, 0) is 62.1 Å². The summed E-state index contributed by atoms with van der Waals surface area (Å²) in [5.41, 5.74) is 3.22. The van der Waals surface area contributed by atoms with Crippen LogP contribution in [0.4, 0.5) is 13.6 Å². The molecule has 0 spiro atoms. The molecule has 1 saturated heterocycles. The van der Waals surface area contributed by atoms with Crippen LogP contribution in [0.2, 0.25) is 0 Å². The number of aromatic nitrogens is 4. The van der Waals surface area contributed by atoms with Gasteiger partial charge in [0.15, 0.2) is 12.1 Å². The van der Waals surface area contributed by atoms with E-state index in [0.717, 1.165) is 41.9 Å². The van der Waals surface area contributed by atoms with Crippen molar-refractivity contribution in [1.82, 2.24) is 24.6 Å². The van der Waals surface area contributed by atoms with Gasteiger partial charge in [0.05, 0.1) is 30.0 Å². The van der Waals surface area contributed by atoms with Crippen LogP contribution in [-0.4, -0.2) is 42.5 Å². The molecule has 37 heavy (non-hydrogen) atoms. The van der Waals surface area contributed by atoms with Crippen LogP contribution in [0, 0.1) is 11.6 Å². The number of carboxylic acid groups (broad SMARTS) is 1. The summed E-state index contributed by atoms with van der Waals surface area (Å²) in [7, 11) is 0. The van der Waals surface area contributed by atoms with Gasteiger partial charge in [-0.1, -0.05) is 0 Å². The Morgan fingerprint density at radius 1 is 1.19 bits per heavy atom. The van der Waals surface area contributed by atoms with Gasteiger partial charge in [-0.25, -0.2) is 23.2 Å². The third-order valence-electron chi connectivity index (χ3n) is 6.82. The van der Waals surface area contributed by atoms with Crippen molar-refractivity contribution in [2.75, 3.05) is 6.61 Å². The highest BCUT2D eigenvalue weighted by molar-refractivity contribution is 5.93. The smallest absolute Gasteiger partial charge is 0.408 e. The Hall–Kier alpha value is -3.99. The van der Waals surface area contributed by atoms with E-state index in [-0.39, 0.29) is 19.3 Å². The molecule has 2 aliphatic rings. The van der Waals surface area contributed by atoms with Crippen LogP contribution in [0.25, 0.3) is 22.4 Å². The second-order valence-corrected chi connectivity index (χ2v) is 9.41. The molecule has 2 aromatic carbocycles. The minimum absolute atomic E-state index is 0.210. The first-order chi connectivity index (χ1) is 17.9.